The standard InChI is InChI=1S/C12H20O6/c1-3-4-16-5-6-17-7-8-18-12(15)10(2)9-11(13)14/h9H,3-8H2,1-2H3,(H,13,14)/b10-9+. The predicted octanol–water partition coefficient (Wildman–Crippen LogP) is 1.00. The largest absolute Gasteiger partial charge is 0.478 e. The van der Waals surface area contributed by atoms with Gasteiger partial charge in [0, 0.05) is 18.3 Å². The zero-order valence-corrected chi connectivity index (χ0v) is 10.8. The van der Waals surface area contributed by atoms with Crippen molar-refractivity contribution in [2.45, 2.75) is 20.3 Å². The maximum Gasteiger partial charge on any atom is 0.334 e. The Morgan fingerprint density at radius 3 is 2.17 bits per heavy atom. The average molecular weight is 260 g/mol. The lowest BCUT2D eigenvalue weighted by Gasteiger charge is -2.06. The number of rotatable bonds is 10. The highest BCUT2D eigenvalue weighted by atomic mass is 16.6. The highest BCUT2D eigenvalue weighted by molar-refractivity contribution is 5.95. The first-order valence-corrected chi connectivity index (χ1v) is 5.81. The van der Waals surface area contributed by atoms with E-state index < -0.39 is 11.9 Å². The monoisotopic (exact) mass is 260 g/mol. The quantitative estimate of drug-likeness (QED) is 0.358. The van der Waals surface area contributed by atoms with Crippen LogP contribution in [0.2, 0.25) is 0 Å². The number of carbonyl (C=O) groups excluding carboxylic acids is 1. The molecular formula is C12H20O6. The highest BCUT2D eigenvalue weighted by Gasteiger charge is 2.06. The second kappa shape index (κ2) is 10.7. The summed E-state index contributed by atoms with van der Waals surface area (Å²) < 4.78 is 15.1. The molecule has 0 saturated heterocycles. The molecule has 0 spiro atoms. The number of aliphatic carboxylic acids is 1. The van der Waals surface area contributed by atoms with E-state index in [1.54, 1.807) is 0 Å². The molecule has 0 atom stereocenters. The van der Waals surface area contributed by atoms with Gasteiger partial charge in [-0.3, -0.25) is 0 Å². The van der Waals surface area contributed by atoms with E-state index in [-0.39, 0.29) is 18.8 Å². The molecule has 0 bridgehead atoms. The van der Waals surface area contributed by atoms with Crippen LogP contribution in [0.1, 0.15) is 20.3 Å². The molecule has 104 valence electrons. The molecule has 18 heavy (non-hydrogen) atoms. The molecule has 0 aromatic heterocycles. The van der Waals surface area contributed by atoms with Crippen LogP contribution >= 0.6 is 0 Å². The van der Waals surface area contributed by atoms with E-state index in [9.17, 15) is 9.59 Å². The Kier molecular flexibility index (Phi) is 9.90. The molecule has 0 unspecified atom stereocenters. The Morgan fingerprint density at radius 1 is 1.06 bits per heavy atom. The predicted molar refractivity (Wildman–Crippen MR) is 64.3 cm³/mol. The lowest BCUT2D eigenvalue weighted by Crippen LogP contribution is -2.14. The van der Waals surface area contributed by atoms with E-state index in [4.69, 9.17) is 19.3 Å². The van der Waals surface area contributed by atoms with Crippen LogP contribution in [0.3, 0.4) is 0 Å². The topological polar surface area (TPSA) is 82.1 Å². The van der Waals surface area contributed by atoms with Crippen molar-refractivity contribution in [2.24, 2.45) is 0 Å². The third-order valence-corrected chi connectivity index (χ3v) is 1.84. The van der Waals surface area contributed by atoms with E-state index in [1.165, 1.54) is 6.92 Å². The van der Waals surface area contributed by atoms with E-state index in [2.05, 4.69) is 0 Å². The summed E-state index contributed by atoms with van der Waals surface area (Å²) in [5.41, 5.74) is 0.0498. The first-order valence-electron chi connectivity index (χ1n) is 5.81. The van der Waals surface area contributed by atoms with Crippen molar-refractivity contribution in [1.82, 2.24) is 0 Å². The molecular weight excluding hydrogens is 240 g/mol. The summed E-state index contributed by atoms with van der Waals surface area (Å²) in [6.07, 6.45) is 1.77. The smallest absolute Gasteiger partial charge is 0.334 e. The van der Waals surface area contributed by atoms with Crippen LogP contribution in [0.15, 0.2) is 11.6 Å². The maximum atomic E-state index is 11.2. The Morgan fingerprint density at radius 2 is 1.61 bits per heavy atom. The Balaban J connectivity index is 3.49. The van der Waals surface area contributed by atoms with Crippen molar-refractivity contribution < 1.29 is 28.9 Å². The van der Waals surface area contributed by atoms with Crippen LogP contribution in [-0.2, 0) is 23.8 Å². The van der Waals surface area contributed by atoms with Gasteiger partial charge in [0.1, 0.15) is 6.61 Å². The van der Waals surface area contributed by atoms with Gasteiger partial charge in [0.25, 0.3) is 0 Å². The van der Waals surface area contributed by atoms with Crippen molar-refractivity contribution in [3.05, 3.63) is 11.6 Å². The average Bonchev–Trinajstić information content (AvgIpc) is 2.31. The second-order valence-corrected chi connectivity index (χ2v) is 3.53. The van der Waals surface area contributed by atoms with Crippen LogP contribution in [0.5, 0.6) is 0 Å². The molecule has 0 aliphatic carbocycles. The van der Waals surface area contributed by atoms with Crippen molar-refractivity contribution >= 4 is 11.9 Å². The fourth-order valence-corrected chi connectivity index (χ4v) is 1.02. The van der Waals surface area contributed by atoms with E-state index >= 15 is 0 Å². The summed E-state index contributed by atoms with van der Waals surface area (Å²) in [7, 11) is 0. The van der Waals surface area contributed by atoms with Crippen LogP contribution in [0.4, 0.5) is 0 Å². The van der Waals surface area contributed by atoms with Crippen molar-refractivity contribution in [1.29, 1.82) is 0 Å². The van der Waals surface area contributed by atoms with Gasteiger partial charge in [-0.05, 0) is 13.3 Å². The molecule has 0 rings (SSSR count). The van der Waals surface area contributed by atoms with Crippen molar-refractivity contribution in [3.63, 3.8) is 0 Å². The molecule has 0 radical (unpaired) electrons. The van der Waals surface area contributed by atoms with Gasteiger partial charge in [-0.25, -0.2) is 9.59 Å². The number of esters is 1. The molecule has 6 nitrogen and oxygen atoms in total. The third-order valence-electron chi connectivity index (χ3n) is 1.84. The molecule has 0 fully saturated rings. The summed E-state index contributed by atoms with van der Waals surface area (Å²) >= 11 is 0. The minimum absolute atomic E-state index is 0.0498. The van der Waals surface area contributed by atoms with Gasteiger partial charge in [0.2, 0.25) is 0 Å². The number of carbonyl (C=O) groups is 2. The van der Waals surface area contributed by atoms with Crippen LogP contribution < -0.4 is 0 Å². The number of carboxylic acids is 1. The molecule has 0 amide bonds. The summed E-state index contributed by atoms with van der Waals surface area (Å²) in [6, 6.07) is 0. The number of ether oxygens (including phenoxy) is 3. The van der Waals surface area contributed by atoms with Gasteiger partial charge >= 0.3 is 11.9 Å². The molecule has 0 heterocycles. The summed E-state index contributed by atoms with van der Waals surface area (Å²) in [6.45, 7) is 5.43. The molecule has 0 aliphatic rings. The number of hydrogen-bond acceptors (Lipinski definition) is 5. The van der Waals surface area contributed by atoms with E-state index in [1.807, 2.05) is 6.92 Å². The van der Waals surface area contributed by atoms with Gasteiger partial charge in [-0.2, -0.15) is 0 Å². The minimum atomic E-state index is -1.17. The van der Waals surface area contributed by atoms with Crippen LogP contribution in [-0.4, -0.2) is 50.1 Å². The van der Waals surface area contributed by atoms with Crippen molar-refractivity contribution in [3.8, 4) is 0 Å². The maximum absolute atomic E-state index is 11.2. The summed E-state index contributed by atoms with van der Waals surface area (Å²) in [4.78, 5) is 21.5. The zero-order valence-electron chi connectivity index (χ0n) is 10.8. The Bertz CT molecular complexity index is 284. The van der Waals surface area contributed by atoms with Crippen LogP contribution in [0, 0.1) is 0 Å². The first kappa shape index (κ1) is 16.6. The molecule has 0 aromatic rings. The first-order chi connectivity index (χ1) is 8.57. The normalized spacial score (nSPS) is 11.3. The van der Waals surface area contributed by atoms with E-state index in [0.29, 0.717) is 19.8 Å². The molecule has 0 aromatic carbocycles. The lowest BCUT2D eigenvalue weighted by molar-refractivity contribution is -0.141. The lowest BCUT2D eigenvalue weighted by atomic mass is 10.3. The third kappa shape index (κ3) is 9.80. The zero-order chi connectivity index (χ0) is 13.8. The Labute approximate surface area is 107 Å². The van der Waals surface area contributed by atoms with Crippen LogP contribution in [0.25, 0.3) is 0 Å². The molecule has 6 heteroatoms. The number of carboxylic acid groups (broad SMARTS) is 1. The second-order valence-electron chi connectivity index (χ2n) is 3.53. The van der Waals surface area contributed by atoms with Crippen molar-refractivity contribution in [2.75, 3.05) is 33.0 Å². The highest BCUT2D eigenvalue weighted by Crippen LogP contribution is 1.96. The molecule has 1 N–H and O–H groups in total. The van der Waals surface area contributed by atoms with Gasteiger partial charge < -0.3 is 19.3 Å². The fraction of sp³-hybridized carbons (Fsp3) is 0.667. The van der Waals surface area contributed by atoms with Gasteiger partial charge in [-0.1, -0.05) is 6.92 Å². The van der Waals surface area contributed by atoms with Gasteiger partial charge in [-0.15, -0.1) is 0 Å². The fourth-order valence-electron chi connectivity index (χ4n) is 1.02. The minimum Gasteiger partial charge on any atom is -0.478 e. The molecule has 0 aliphatic heterocycles. The van der Waals surface area contributed by atoms with Gasteiger partial charge in [0.15, 0.2) is 0 Å². The Hall–Kier alpha value is -1.40. The SMILES string of the molecule is CCCOCCOCCOC(=O)/C(C)=C/C(=O)O. The molecule has 0 saturated carbocycles. The van der Waals surface area contributed by atoms with E-state index in [0.717, 1.165) is 12.5 Å². The summed E-state index contributed by atoms with van der Waals surface area (Å²) in [5.74, 6) is -1.82. The van der Waals surface area contributed by atoms with Gasteiger partial charge in [0.05, 0.1) is 19.8 Å². The summed E-state index contributed by atoms with van der Waals surface area (Å²) in [5, 5.41) is 8.42. The number of hydrogen-bond donors (Lipinski definition) is 1.